The number of esters is 1. The molecular formula is C28H32FN3O4. The number of anilines is 1. The number of rotatable bonds is 6. The van der Waals surface area contributed by atoms with Crippen LogP contribution >= 0.6 is 0 Å². The molecule has 0 saturated heterocycles. The van der Waals surface area contributed by atoms with E-state index in [0.29, 0.717) is 16.8 Å². The zero-order chi connectivity index (χ0) is 25.2. The summed E-state index contributed by atoms with van der Waals surface area (Å²) in [5, 5.41) is 3.50. The molecule has 36 heavy (non-hydrogen) atoms. The Labute approximate surface area is 208 Å². The molecule has 0 bridgehead atoms. The molecule has 8 heteroatoms. The van der Waals surface area contributed by atoms with Crippen molar-refractivity contribution in [3.8, 4) is 0 Å². The molecule has 0 spiro atoms. The van der Waals surface area contributed by atoms with Crippen LogP contribution in [0.3, 0.4) is 0 Å². The largest absolute Gasteiger partial charge is 0.465 e. The van der Waals surface area contributed by atoms with Gasteiger partial charge in [0.05, 0.1) is 35.8 Å². The highest BCUT2D eigenvalue weighted by molar-refractivity contribution is 5.91. The molecule has 0 aliphatic heterocycles. The number of halogens is 1. The fourth-order valence-electron chi connectivity index (χ4n) is 5.77. The number of carbonyl (C=O) groups is 1. The van der Waals surface area contributed by atoms with Crippen molar-refractivity contribution in [1.82, 2.24) is 9.13 Å². The molecule has 2 fully saturated rings. The van der Waals surface area contributed by atoms with E-state index in [0.717, 1.165) is 55.9 Å². The van der Waals surface area contributed by atoms with E-state index >= 15 is 4.39 Å². The zero-order valence-corrected chi connectivity index (χ0v) is 20.6. The van der Waals surface area contributed by atoms with Crippen LogP contribution in [0.15, 0.2) is 46.0 Å². The maximum atomic E-state index is 15.3. The van der Waals surface area contributed by atoms with Crippen molar-refractivity contribution in [2.45, 2.75) is 76.4 Å². The van der Waals surface area contributed by atoms with Crippen molar-refractivity contribution in [3.63, 3.8) is 0 Å². The SMILES string of the molecule is COC(=O)c1ccccc1Cn1c(=O)c2cc(F)c(NC3CCCCC3)cc2n(C2CCCC2)c1=O. The smallest absolute Gasteiger partial charge is 0.338 e. The Morgan fingerprint density at radius 1 is 1.03 bits per heavy atom. The van der Waals surface area contributed by atoms with Gasteiger partial charge in [-0.25, -0.2) is 14.0 Å². The molecule has 2 aliphatic rings. The second-order valence-electron chi connectivity index (χ2n) is 9.96. The van der Waals surface area contributed by atoms with Crippen molar-refractivity contribution in [3.05, 3.63) is 74.2 Å². The summed E-state index contributed by atoms with van der Waals surface area (Å²) >= 11 is 0. The molecule has 2 saturated carbocycles. The first-order chi connectivity index (χ1) is 17.5. The lowest BCUT2D eigenvalue weighted by Crippen LogP contribution is -2.41. The molecule has 1 N–H and O–H groups in total. The summed E-state index contributed by atoms with van der Waals surface area (Å²) in [6.07, 6.45) is 9.02. The molecule has 190 valence electrons. The average molecular weight is 494 g/mol. The van der Waals surface area contributed by atoms with Gasteiger partial charge in [-0.2, -0.15) is 0 Å². The summed E-state index contributed by atoms with van der Waals surface area (Å²) in [5.41, 5.74) is 0.595. The molecule has 0 amide bonds. The number of nitrogens with one attached hydrogen (secondary N) is 1. The summed E-state index contributed by atoms with van der Waals surface area (Å²) in [7, 11) is 1.29. The summed E-state index contributed by atoms with van der Waals surface area (Å²) in [6, 6.07) is 9.77. The van der Waals surface area contributed by atoms with Gasteiger partial charge < -0.3 is 10.1 Å². The minimum atomic E-state index is -0.563. The molecule has 2 aromatic carbocycles. The van der Waals surface area contributed by atoms with Gasteiger partial charge in [0.25, 0.3) is 5.56 Å². The summed E-state index contributed by atoms with van der Waals surface area (Å²) in [5.74, 6) is -1.04. The monoisotopic (exact) mass is 493 g/mol. The molecule has 7 nitrogen and oxygen atoms in total. The first-order valence-electron chi connectivity index (χ1n) is 12.9. The van der Waals surface area contributed by atoms with Gasteiger partial charge >= 0.3 is 11.7 Å². The molecule has 0 radical (unpaired) electrons. The third-order valence-electron chi connectivity index (χ3n) is 7.66. The van der Waals surface area contributed by atoms with Gasteiger partial charge in [0.15, 0.2) is 0 Å². The predicted octanol–water partition coefficient (Wildman–Crippen LogP) is 5.00. The van der Waals surface area contributed by atoms with Crippen molar-refractivity contribution in [1.29, 1.82) is 0 Å². The number of carbonyl (C=O) groups excluding carboxylic acids is 1. The van der Waals surface area contributed by atoms with E-state index in [-0.39, 0.29) is 29.6 Å². The fraction of sp³-hybridized carbons (Fsp3) is 0.464. The molecule has 2 aliphatic carbocycles. The molecule has 0 unspecified atom stereocenters. The van der Waals surface area contributed by atoms with Crippen molar-refractivity contribution >= 4 is 22.6 Å². The summed E-state index contributed by atoms with van der Waals surface area (Å²) in [4.78, 5) is 39.7. The van der Waals surface area contributed by atoms with E-state index in [9.17, 15) is 14.4 Å². The van der Waals surface area contributed by atoms with Gasteiger partial charge in [0, 0.05) is 12.1 Å². The molecular weight excluding hydrogens is 461 g/mol. The highest BCUT2D eigenvalue weighted by Gasteiger charge is 2.25. The van der Waals surface area contributed by atoms with Crippen LogP contribution in [0.5, 0.6) is 0 Å². The Morgan fingerprint density at radius 3 is 2.44 bits per heavy atom. The van der Waals surface area contributed by atoms with Gasteiger partial charge in [0.1, 0.15) is 5.82 Å². The maximum Gasteiger partial charge on any atom is 0.338 e. The van der Waals surface area contributed by atoms with E-state index in [4.69, 9.17) is 4.74 Å². The van der Waals surface area contributed by atoms with E-state index in [2.05, 4.69) is 5.32 Å². The lowest BCUT2D eigenvalue weighted by Gasteiger charge is -2.25. The van der Waals surface area contributed by atoms with Crippen LogP contribution in [0.25, 0.3) is 10.9 Å². The number of aromatic nitrogens is 2. The number of hydrogen-bond donors (Lipinski definition) is 1. The van der Waals surface area contributed by atoms with Crippen LogP contribution in [0.2, 0.25) is 0 Å². The van der Waals surface area contributed by atoms with E-state index in [1.165, 1.54) is 19.6 Å². The van der Waals surface area contributed by atoms with Crippen LogP contribution in [0.4, 0.5) is 10.1 Å². The number of benzene rings is 2. The molecule has 5 rings (SSSR count). The van der Waals surface area contributed by atoms with Gasteiger partial charge in [0.2, 0.25) is 0 Å². The van der Waals surface area contributed by atoms with Crippen LogP contribution < -0.4 is 16.6 Å². The average Bonchev–Trinajstić information content (AvgIpc) is 3.43. The van der Waals surface area contributed by atoms with Crippen LogP contribution in [-0.2, 0) is 11.3 Å². The first kappa shape index (κ1) is 24.3. The zero-order valence-electron chi connectivity index (χ0n) is 20.6. The van der Waals surface area contributed by atoms with Crippen LogP contribution in [0.1, 0.15) is 79.8 Å². The van der Waals surface area contributed by atoms with Gasteiger partial charge in [-0.1, -0.05) is 50.3 Å². The lowest BCUT2D eigenvalue weighted by molar-refractivity contribution is 0.0599. The van der Waals surface area contributed by atoms with E-state index in [1.54, 1.807) is 34.9 Å². The van der Waals surface area contributed by atoms with Crippen LogP contribution in [-0.4, -0.2) is 28.3 Å². The molecule has 1 aromatic heterocycles. The van der Waals surface area contributed by atoms with E-state index in [1.807, 2.05) is 0 Å². The molecule has 3 aromatic rings. The Balaban J connectivity index is 1.66. The Kier molecular flexibility index (Phi) is 6.94. The second-order valence-corrected chi connectivity index (χ2v) is 9.96. The summed E-state index contributed by atoms with van der Waals surface area (Å²) in [6.45, 7) is -0.102. The number of hydrogen-bond acceptors (Lipinski definition) is 5. The van der Waals surface area contributed by atoms with Crippen LogP contribution in [0, 0.1) is 5.82 Å². The predicted molar refractivity (Wildman–Crippen MR) is 137 cm³/mol. The second kappa shape index (κ2) is 10.3. The Morgan fingerprint density at radius 2 is 1.72 bits per heavy atom. The number of ether oxygens (including phenoxy) is 1. The first-order valence-corrected chi connectivity index (χ1v) is 12.9. The minimum Gasteiger partial charge on any atom is -0.465 e. The van der Waals surface area contributed by atoms with Gasteiger partial charge in [-0.3, -0.25) is 13.9 Å². The quantitative estimate of drug-likeness (QED) is 0.489. The Hall–Kier alpha value is -3.42. The highest BCUT2D eigenvalue weighted by Crippen LogP contribution is 2.32. The van der Waals surface area contributed by atoms with E-state index < -0.39 is 23.0 Å². The van der Waals surface area contributed by atoms with Gasteiger partial charge in [-0.05, 0) is 49.4 Å². The molecule has 1 heterocycles. The highest BCUT2D eigenvalue weighted by atomic mass is 19.1. The number of nitrogens with zero attached hydrogens (tertiary/aromatic N) is 2. The maximum absolute atomic E-state index is 15.3. The number of fused-ring (bicyclic) bond motifs is 1. The Bertz CT molecular complexity index is 1400. The van der Waals surface area contributed by atoms with Crippen molar-refractivity contribution in [2.24, 2.45) is 0 Å². The van der Waals surface area contributed by atoms with Crippen molar-refractivity contribution in [2.75, 3.05) is 12.4 Å². The van der Waals surface area contributed by atoms with Gasteiger partial charge in [-0.15, -0.1) is 0 Å². The topological polar surface area (TPSA) is 82.3 Å². The molecule has 0 atom stereocenters. The third-order valence-corrected chi connectivity index (χ3v) is 7.66. The summed E-state index contributed by atoms with van der Waals surface area (Å²) < 4.78 is 23.0. The third kappa shape index (κ3) is 4.56. The standard InChI is InChI=1S/C28H32FN3O4/c1-36-27(34)21-14-8-5-9-18(21)17-31-26(33)22-15-23(29)24(30-19-10-3-2-4-11-19)16-25(22)32(28(31)35)20-12-6-7-13-20/h5,8-9,14-16,19-20,30H,2-4,6-7,10-13,17H2,1H3. The van der Waals surface area contributed by atoms with Crippen molar-refractivity contribution < 1.29 is 13.9 Å². The number of methoxy groups -OCH3 is 1. The normalized spacial score (nSPS) is 16.9. The lowest BCUT2D eigenvalue weighted by atomic mass is 9.95. The minimum absolute atomic E-state index is 0.0595. The fourth-order valence-corrected chi connectivity index (χ4v) is 5.77.